The highest BCUT2D eigenvalue weighted by Gasteiger charge is 2.30. The van der Waals surface area contributed by atoms with Gasteiger partial charge in [-0.15, -0.1) is 0 Å². The molecule has 0 unspecified atom stereocenters. The Morgan fingerprint density at radius 2 is 1.74 bits per heavy atom. The maximum atomic E-state index is 12.7. The molecule has 10 heteroatoms. The summed E-state index contributed by atoms with van der Waals surface area (Å²) in [6.07, 6.45) is 2.77. The number of ether oxygens (including phenoxy) is 2. The molecule has 4 N–H and O–H groups in total. The van der Waals surface area contributed by atoms with E-state index in [1.54, 1.807) is 32.1 Å². The highest BCUT2D eigenvalue weighted by atomic mass is 32.1. The standard InChI is InChI=1S/C21H29N3O6S/c1-13(2)18(24-19(26)15(22)12-31)20(27)23-16(21(28)29-3)11-30-17(25)10-9-14-7-5-4-6-8-14/h4-10,13,15-16,18,31H,11-12,22H2,1-3H3,(H,23,27)(H,24,26)/b10-9+/t15-,16-,18-/m0/s1. The van der Waals surface area contributed by atoms with Gasteiger partial charge >= 0.3 is 11.9 Å². The van der Waals surface area contributed by atoms with Crippen LogP contribution >= 0.6 is 12.6 Å². The number of hydrogen-bond acceptors (Lipinski definition) is 8. The fraction of sp³-hybridized carbons (Fsp3) is 0.429. The molecule has 31 heavy (non-hydrogen) atoms. The molecule has 0 heterocycles. The fourth-order valence-electron chi connectivity index (χ4n) is 2.39. The Hall–Kier alpha value is -2.85. The zero-order chi connectivity index (χ0) is 23.4. The Kier molecular flexibility index (Phi) is 11.4. The van der Waals surface area contributed by atoms with Gasteiger partial charge in [0.05, 0.1) is 13.2 Å². The molecular formula is C21H29N3O6S. The molecule has 170 valence electrons. The van der Waals surface area contributed by atoms with Crippen molar-refractivity contribution in [2.45, 2.75) is 32.0 Å². The van der Waals surface area contributed by atoms with E-state index in [1.165, 1.54) is 6.08 Å². The van der Waals surface area contributed by atoms with E-state index < -0.39 is 48.5 Å². The van der Waals surface area contributed by atoms with E-state index in [4.69, 9.17) is 10.5 Å². The number of amides is 2. The normalized spacial score (nSPS) is 13.9. The number of rotatable bonds is 11. The summed E-state index contributed by atoms with van der Waals surface area (Å²) in [6.45, 7) is 3.00. The van der Waals surface area contributed by atoms with E-state index in [0.29, 0.717) is 0 Å². The number of esters is 2. The monoisotopic (exact) mass is 451 g/mol. The molecule has 0 aliphatic heterocycles. The maximum Gasteiger partial charge on any atom is 0.331 e. The summed E-state index contributed by atoms with van der Waals surface area (Å²) in [5.41, 5.74) is 6.43. The van der Waals surface area contributed by atoms with E-state index in [-0.39, 0.29) is 11.7 Å². The zero-order valence-electron chi connectivity index (χ0n) is 17.7. The van der Waals surface area contributed by atoms with Gasteiger partial charge in [-0.05, 0) is 17.6 Å². The molecule has 1 aromatic carbocycles. The minimum absolute atomic E-state index is 0.107. The molecule has 9 nitrogen and oxygen atoms in total. The number of benzene rings is 1. The lowest BCUT2D eigenvalue weighted by Gasteiger charge is -2.25. The van der Waals surface area contributed by atoms with Crippen molar-refractivity contribution in [2.75, 3.05) is 19.5 Å². The molecule has 0 aliphatic carbocycles. The molecule has 2 amide bonds. The van der Waals surface area contributed by atoms with Crippen molar-refractivity contribution in [3.8, 4) is 0 Å². The highest BCUT2D eigenvalue weighted by Crippen LogP contribution is 2.05. The molecule has 0 saturated heterocycles. The number of carbonyl (C=O) groups excluding carboxylic acids is 4. The van der Waals surface area contributed by atoms with Gasteiger partial charge in [0.1, 0.15) is 12.6 Å². The molecule has 0 saturated carbocycles. The lowest BCUT2D eigenvalue weighted by molar-refractivity contribution is -0.150. The van der Waals surface area contributed by atoms with E-state index in [2.05, 4.69) is 28.0 Å². The summed E-state index contributed by atoms with van der Waals surface area (Å²) in [6, 6.07) is 6.01. The fourth-order valence-corrected chi connectivity index (χ4v) is 2.56. The van der Waals surface area contributed by atoms with Gasteiger partial charge in [0.2, 0.25) is 11.8 Å². The van der Waals surface area contributed by atoms with Crippen LogP contribution in [0.25, 0.3) is 6.08 Å². The second-order valence-corrected chi connectivity index (χ2v) is 7.34. The molecule has 0 aliphatic rings. The summed E-state index contributed by atoms with van der Waals surface area (Å²) in [7, 11) is 1.14. The molecular weight excluding hydrogens is 422 g/mol. The van der Waals surface area contributed by atoms with Crippen LogP contribution in [0, 0.1) is 5.92 Å². The Balaban J connectivity index is 2.76. The number of thiol groups is 1. The third-order valence-electron chi connectivity index (χ3n) is 4.19. The van der Waals surface area contributed by atoms with Crippen LogP contribution in [0.4, 0.5) is 0 Å². The highest BCUT2D eigenvalue weighted by molar-refractivity contribution is 7.80. The van der Waals surface area contributed by atoms with Crippen LogP contribution < -0.4 is 16.4 Å². The average Bonchev–Trinajstić information content (AvgIpc) is 2.77. The van der Waals surface area contributed by atoms with Crippen molar-refractivity contribution >= 4 is 42.5 Å². The van der Waals surface area contributed by atoms with Gasteiger partial charge < -0.3 is 25.8 Å². The smallest absolute Gasteiger partial charge is 0.331 e. The van der Waals surface area contributed by atoms with Crippen molar-refractivity contribution in [2.24, 2.45) is 11.7 Å². The molecule has 0 bridgehead atoms. The first-order valence-electron chi connectivity index (χ1n) is 9.64. The van der Waals surface area contributed by atoms with Crippen molar-refractivity contribution < 1.29 is 28.7 Å². The van der Waals surface area contributed by atoms with Crippen molar-refractivity contribution in [3.05, 3.63) is 42.0 Å². The molecule has 3 atom stereocenters. The second kappa shape index (κ2) is 13.5. The molecule has 0 radical (unpaired) electrons. The lowest BCUT2D eigenvalue weighted by Crippen LogP contribution is -2.57. The van der Waals surface area contributed by atoms with E-state index in [9.17, 15) is 19.2 Å². The first-order chi connectivity index (χ1) is 14.7. The van der Waals surface area contributed by atoms with Crippen molar-refractivity contribution in [1.82, 2.24) is 10.6 Å². The SMILES string of the molecule is COC(=O)[C@H](COC(=O)/C=C/c1ccccc1)NC(=O)[C@@H](NC(=O)[C@@H](N)CS)C(C)C. The van der Waals surface area contributed by atoms with Crippen LogP contribution in [0.3, 0.4) is 0 Å². The van der Waals surface area contributed by atoms with Crippen LogP contribution in [-0.2, 0) is 28.7 Å². The van der Waals surface area contributed by atoms with E-state index in [0.717, 1.165) is 12.7 Å². The van der Waals surface area contributed by atoms with Crippen LogP contribution in [0.5, 0.6) is 0 Å². The van der Waals surface area contributed by atoms with Gasteiger partial charge in [0.25, 0.3) is 0 Å². The average molecular weight is 452 g/mol. The van der Waals surface area contributed by atoms with Crippen molar-refractivity contribution in [1.29, 1.82) is 0 Å². The molecule has 0 fully saturated rings. The number of carbonyl (C=O) groups is 4. The van der Waals surface area contributed by atoms with Gasteiger partial charge in [-0.25, -0.2) is 9.59 Å². The third-order valence-corrected chi connectivity index (χ3v) is 4.58. The Labute approximate surface area is 187 Å². The minimum Gasteiger partial charge on any atom is -0.467 e. The van der Waals surface area contributed by atoms with E-state index >= 15 is 0 Å². The Morgan fingerprint density at radius 1 is 1.10 bits per heavy atom. The zero-order valence-corrected chi connectivity index (χ0v) is 18.6. The van der Waals surface area contributed by atoms with Crippen LogP contribution in [0.1, 0.15) is 19.4 Å². The van der Waals surface area contributed by atoms with Crippen molar-refractivity contribution in [3.63, 3.8) is 0 Å². The summed E-state index contributed by atoms with van der Waals surface area (Å²) in [5, 5.41) is 4.99. The van der Waals surface area contributed by atoms with E-state index in [1.807, 2.05) is 18.2 Å². The predicted molar refractivity (Wildman–Crippen MR) is 119 cm³/mol. The molecule has 1 rings (SSSR count). The van der Waals surface area contributed by atoms with Crippen LogP contribution in [0.2, 0.25) is 0 Å². The first-order valence-corrected chi connectivity index (χ1v) is 10.3. The molecule has 0 aromatic heterocycles. The maximum absolute atomic E-state index is 12.7. The topological polar surface area (TPSA) is 137 Å². The summed E-state index contributed by atoms with van der Waals surface area (Å²) >= 11 is 3.96. The third kappa shape index (κ3) is 9.22. The minimum atomic E-state index is -1.25. The van der Waals surface area contributed by atoms with Gasteiger partial charge in [-0.1, -0.05) is 44.2 Å². The summed E-state index contributed by atoms with van der Waals surface area (Å²) in [5.74, 6) is -2.87. The summed E-state index contributed by atoms with van der Waals surface area (Å²) < 4.78 is 9.74. The van der Waals surface area contributed by atoms with Crippen LogP contribution in [0.15, 0.2) is 36.4 Å². The largest absolute Gasteiger partial charge is 0.467 e. The molecule has 1 aromatic rings. The Bertz CT molecular complexity index is 785. The summed E-state index contributed by atoms with van der Waals surface area (Å²) in [4.78, 5) is 48.7. The van der Waals surface area contributed by atoms with Gasteiger partial charge in [-0.3, -0.25) is 9.59 Å². The Morgan fingerprint density at radius 3 is 2.29 bits per heavy atom. The number of hydrogen-bond donors (Lipinski definition) is 4. The first kappa shape index (κ1) is 26.2. The number of nitrogens with two attached hydrogens (primary N) is 1. The molecule has 0 spiro atoms. The predicted octanol–water partition coefficient (Wildman–Crippen LogP) is 0.299. The van der Waals surface area contributed by atoms with Gasteiger partial charge in [0.15, 0.2) is 6.04 Å². The second-order valence-electron chi connectivity index (χ2n) is 6.98. The van der Waals surface area contributed by atoms with Gasteiger partial charge in [0, 0.05) is 11.8 Å². The lowest BCUT2D eigenvalue weighted by atomic mass is 10.0. The van der Waals surface area contributed by atoms with Gasteiger partial charge in [-0.2, -0.15) is 12.6 Å². The quantitative estimate of drug-likeness (QED) is 0.216. The number of methoxy groups -OCH3 is 1. The van der Waals surface area contributed by atoms with Crippen LogP contribution in [-0.4, -0.2) is 61.3 Å². The number of nitrogens with one attached hydrogen (secondary N) is 2.